The van der Waals surface area contributed by atoms with E-state index in [1.807, 2.05) is 6.92 Å². The number of carbonyl (C=O) groups is 2. The predicted octanol–water partition coefficient (Wildman–Crippen LogP) is 4.28. The molecule has 1 aliphatic rings. The fraction of sp³-hybridized carbons (Fsp3) is 0.280. The van der Waals surface area contributed by atoms with Gasteiger partial charge < -0.3 is 24.8 Å². The highest BCUT2D eigenvalue weighted by Crippen LogP contribution is 2.34. The molecule has 12 heteroatoms. The van der Waals surface area contributed by atoms with Crippen LogP contribution in [-0.4, -0.2) is 43.0 Å². The van der Waals surface area contributed by atoms with Gasteiger partial charge >= 0.3 is 5.97 Å². The molecule has 196 valence electrons. The smallest absolute Gasteiger partial charge is 0.338 e. The number of hydrogen-bond acceptors (Lipinski definition) is 7. The van der Waals surface area contributed by atoms with Gasteiger partial charge in [-0.1, -0.05) is 41.4 Å². The van der Waals surface area contributed by atoms with E-state index in [-0.39, 0.29) is 13.2 Å². The van der Waals surface area contributed by atoms with Gasteiger partial charge in [0.25, 0.3) is 5.91 Å². The number of hydrazone groups is 1. The van der Waals surface area contributed by atoms with Crippen LogP contribution in [-0.2, 0) is 14.3 Å². The first-order valence-electron chi connectivity index (χ1n) is 11.4. The monoisotopic (exact) mass is 564 g/mol. The summed E-state index contributed by atoms with van der Waals surface area (Å²) >= 11 is 17.7. The van der Waals surface area contributed by atoms with Gasteiger partial charge in [0.1, 0.15) is 5.75 Å². The van der Waals surface area contributed by atoms with Crippen LogP contribution in [0.5, 0.6) is 11.5 Å². The first-order valence-corrected chi connectivity index (χ1v) is 12.5. The third-order valence-electron chi connectivity index (χ3n) is 5.07. The number of rotatable bonds is 10. The van der Waals surface area contributed by atoms with Crippen molar-refractivity contribution >= 4 is 58.6 Å². The highest BCUT2D eigenvalue weighted by atomic mass is 35.5. The molecule has 0 saturated carbocycles. The summed E-state index contributed by atoms with van der Waals surface area (Å²) < 4.78 is 16.4. The molecule has 0 aromatic heterocycles. The van der Waals surface area contributed by atoms with E-state index in [0.29, 0.717) is 55.7 Å². The number of esters is 1. The molecular formula is C25H26Cl2N4O5S. The standard InChI is InChI=1S/C25H26Cl2N4O5S/c1-4-34-23-17(26)10-15(11-18(23)27)12-28-31-20(32)13-36-19-9-7-6-8-16(19)22-21(24(33)35-5-2)14(3)29-25(37)30-22/h6-12,22H,4-5,13H2,1-3H3,(H,31,32)(H2,29,30,37)/t22-/m0/s1. The van der Waals surface area contributed by atoms with E-state index >= 15 is 0 Å². The molecule has 0 bridgehead atoms. The Labute approximate surface area is 230 Å². The Morgan fingerprint density at radius 3 is 2.51 bits per heavy atom. The summed E-state index contributed by atoms with van der Waals surface area (Å²) in [5.74, 6) is -0.202. The third kappa shape index (κ3) is 7.34. The summed E-state index contributed by atoms with van der Waals surface area (Å²) in [6.07, 6.45) is 1.40. The number of nitrogens with one attached hydrogen (secondary N) is 3. The number of carbonyl (C=O) groups excluding carboxylic acids is 2. The molecule has 1 atom stereocenters. The maximum atomic E-state index is 12.7. The number of amides is 1. The van der Waals surface area contributed by atoms with Gasteiger partial charge in [-0.2, -0.15) is 5.10 Å². The summed E-state index contributed by atoms with van der Waals surface area (Å²) in [6.45, 7) is 5.62. The number of halogens is 2. The van der Waals surface area contributed by atoms with Crippen molar-refractivity contribution in [3.8, 4) is 11.5 Å². The van der Waals surface area contributed by atoms with E-state index in [1.165, 1.54) is 6.21 Å². The Balaban J connectivity index is 1.69. The molecule has 0 spiro atoms. The molecule has 3 rings (SSSR count). The number of benzene rings is 2. The molecule has 3 N–H and O–H groups in total. The normalized spacial score (nSPS) is 15.2. The zero-order valence-corrected chi connectivity index (χ0v) is 22.7. The second-order valence-corrected chi connectivity index (χ2v) is 8.88. The number of ether oxygens (including phenoxy) is 3. The van der Waals surface area contributed by atoms with Gasteiger partial charge in [0.2, 0.25) is 0 Å². The van der Waals surface area contributed by atoms with Crippen LogP contribution in [0, 0.1) is 0 Å². The van der Waals surface area contributed by atoms with Crippen LogP contribution in [0.3, 0.4) is 0 Å². The zero-order chi connectivity index (χ0) is 26.9. The quantitative estimate of drug-likeness (QED) is 0.170. The summed E-state index contributed by atoms with van der Waals surface area (Å²) in [5, 5.41) is 11.0. The molecule has 1 heterocycles. The number of hydrogen-bond donors (Lipinski definition) is 3. The fourth-order valence-electron chi connectivity index (χ4n) is 3.55. The van der Waals surface area contributed by atoms with Crippen molar-refractivity contribution in [2.24, 2.45) is 5.10 Å². The predicted molar refractivity (Wildman–Crippen MR) is 146 cm³/mol. The van der Waals surface area contributed by atoms with Crippen LogP contribution in [0.25, 0.3) is 0 Å². The number of thiocarbonyl (C=S) groups is 1. The SMILES string of the molecule is CCOC(=O)C1=C(C)NC(=S)N[C@H]1c1ccccc1OCC(=O)NN=Cc1cc(Cl)c(OCC)c(Cl)c1. The highest BCUT2D eigenvalue weighted by Gasteiger charge is 2.32. The van der Waals surface area contributed by atoms with E-state index in [9.17, 15) is 9.59 Å². The first kappa shape index (κ1) is 28.2. The molecule has 0 radical (unpaired) electrons. The van der Waals surface area contributed by atoms with Crippen molar-refractivity contribution < 1.29 is 23.8 Å². The van der Waals surface area contributed by atoms with E-state index in [2.05, 4.69) is 21.2 Å². The van der Waals surface area contributed by atoms with Crippen LogP contribution in [0.15, 0.2) is 52.8 Å². The van der Waals surface area contributed by atoms with Gasteiger partial charge in [-0.25, -0.2) is 10.2 Å². The number of para-hydroxylation sites is 1. The van der Waals surface area contributed by atoms with Crippen LogP contribution in [0.1, 0.15) is 37.9 Å². The summed E-state index contributed by atoms with van der Waals surface area (Å²) in [7, 11) is 0. The molecule has 37 heavy (non-hydrogen) atoms. The zero-order valence-electron chi connectivity index (χ0n) is 20.4. The minimum atomic E-state index is -0.626. The lowest BCUT2D eigenvalue weighted by Crippen LogP contribution is -2.45. The minimum absolute atomic E-state index is 0.223. The maximum Gasteiger partial charge on any atom is 0.338 e. The molecule has 2 aromatic rings. The first-order chi connectivity index (χ1) is 17.7. The van der Waals surface area contributed by atoms with Gasteiger partial charge in [-0.3, -0.25) is 4.79 Å². The molecule has 9 nitrogen and oxygen atoms in total. The molecular weight excluding hydrogens is 539 g/mol. The van der Waals surface area contributed by atoms with E-state index < -0.39 is 17.9 Å². The van der Waals surface area contributed by atoms with Crippen molar-refractivity contribution in [3.05, 3.63) is 68.8 Å². The van der Waals surface area contributed by atoms with Crippen LogP contribution in [0.4, 0.5) is 0 Å². The molecule has 0 fully saturated rings. The molecule has 2 aromatic carbocycles. The third-order valence-corrected chi connectivity index (χ3v) is 5.85. The van der Waals surface area contributed by atoms with Gasteiger partial charge in [-0.05, 0) is 56.8 Å². The molecule has 1 aliphatic heterocycles. The second-order valence-electron chi connectivity index (χ2n) is 7.66. The van der Waals surface area contributed by atoms with E-state index in [1.54, 1.807) is 50.2 Å². The molecule has 0 aliphatic carbocycles. The lowest BCUT2D eigenvalue weighted by atomic mass is 9.95. The lowest BCUT2D eigenvalue weighted by molar-refractivity contribution is -0.139. The molecule has 1 amide bonds. The Bertz CT molecular complexity index is 1230. The van der Waals surface area contributed by atoms with Crippen LogP contribution < -0.4 is 25.5 Å². The van der Waals surface area contributed by atoms with Crippen LogP contribution in [0.2, 0.25) is 10.0 Å². The fourth-order valence-corrected chi connectivity index (χ4v) is 4.43. The van der Waals surface area contributed by atoms with Gasteiger partial charge in [0.15, 0.2) is 17.5 Å². The average Bonchev–Trinajstić information content (AvgIpc) is 2.85. The Morgan fingerprint density at radius 2 is 1.84 bits per heavy atom. The van der Waals surface area contributed by atoms with Crippen molar-refractivity contribution in [1.82, 2.24) is 16.1 Å². The van der Waals surface area contributed by atoms with E-state index in [0.717, 1.165) is 0 Å². The largest absolute Gasteiger partial charge is 0.491 e. The van der Waals surface area contributed by atoms with Crippen molar-refractivity contribution in [2.45, 2.75) is 26.8 Å². The molecule has 0 saturated heterocycles. The van der Waals surface area contributed by atoms with Crippen LogP contribution >= 0.6 is 35.4 Å². The lowest BCUT2D eigenvalue weighted by Gasteiger charge is -2.30. The Morgan fingerprint density at radius 1 is 1.14 bits per heavy atom. The minimum Gasteiger partial charge on any atom is -0.491 e. The van der Waals surface area contributed by atoms with Gasteiger partial charge in [0.05, 0.1) is 41.1 Å². The summed E-state index contributed by atoms with van der Waals surface area (Å²) in [4.78, 5) is 25.0. The van der Waals surface area contributed by atoms with E-state index in [4.69, 9.17) is 49.6 Å². The topological polar surface area (TPSA) is 110 Å². The van der Waals surface area contributed by atoms with Crippen molar-refractivity contribution in [3.63, 3.8) is 0 Å². The second kappa shape index (κ2) is 13.3. The average molecular weight is 565 g/mol. The number of allylic oxidation sites excluding steroid dienone is 1. The highest BCUT2D eigenvalue weighted by molar-refractivity contribution is 7.80. The van der Waals surface area contributed by atoms with Crippen molar-refractivity contribution in [1.29, 1.82) is 0 Å². The van der Waals surface area contributed by atoms with Crippen molar-refractivity contribution in [2.75, 3.05) is 19.8 Å². The summed E-state index contributed by atoms with van der Waals surface area (Å²) in [6, 6.07) is 9.64. The number of nitrogens with zero attached hydrogens (tertiary/aromatic N) is 1. The van der Waals surface area contributed by atoms with Gasteiger partial charge in [0, 0.05) is 11.3 Å². The maximum absolute atomic E-state index is 12.7. The Hall–Kier alpha value is -3.34. The summed E-state index contributed by atoms with van der Waals surface area (Å²) in [5.41, 5.74) is 4.53. The molecule has 0 unspecified atom stereocenters. The van der Waals surface area contributed by atoms with Gasteiger partial charge in [-0.15, -0.1) is 0 Å². The Kier molecular flexibility index (Phi) is 10.1.